The van der Waals surface area contributed by atoms with Gasteiger partial charge in [-0.25, -0.2) is 4.79 Å². The van der Waals surface area contributed by atoms with E-state index in [0.29, 0.717) is 5.41 Å². The molecule has 1 heterocycles. The van der Waals surface area contributed by atoms with Gasteiger partial charge in [0.05, 0.1) is 0 Å². The van der Waals surface area contributed by atoms with Crippen molar-refractivity contribution in [1.82, 2.24) is 5.32 Å². The smallest absolute Gasteiger partial charge is 0.407 e. The van der Waals surface area contributed by atoms with Gasteiger partial charge in [-0.05, 0) is 69.7 Å². The van der Waals surface area contributed by atoms with Gasteiger partial charge >= 0.3 is 6.09 Å². The van der Waals surface area contributed by atoms with Crippen LogP contribution in [0.3, 0.4) is 0 Å². The normalized spacial score (nSPS) is 22.8. The monoisotopic (exact) mass is 380 g/mol. The zero-order chi connectivity index (χ0) is 16.7. The molecule has 1 aromatic rings. The first-order valence-corrected chi connectivity index (χ1v) is 9.07. The van der Waals surface area contributed by atoms with E-state index in [4.69, 9.17) is 4.74 Å². The van der Waals surface area contributed by atoms with Gasteiger partial charge in [0.15, 0.2) is 0 Å². The standard InChI is InChI=1S/C18H25BrN2O2/c1-17(2,3)23-16(22)20-15-12-18(15)8-10-21(11-9-18)14-6-4-13(19)5-7-14/h4-7,15H,8-12H2,1-3H3,(H,20,22). The summed E-state index contributed by atoms with van der Waals surface area (Å²) in [7, 11) is 0. The van der Waals surface area contributed by atoms with Crippen molar-refractivity contribution >= 4 is 27.7 Å². The van der Waals surface area contributed by atoms with E-state index in [1.165, 1.54) is 5.69 Å². The Labute approximate surface area is 146 Å². The number of halogens is 1. The molecule has 1 saturated heterocycles. The third-order valence-corrected chi connectivity index (χ3v) is 5.36. The number of hydrogen-bond acceptors (Lipinski definition) is 3. The number of carbonyl (C=O) groups excluding carboxylic acids is 1. The van der Waals surface area contributed by atoms with Crippen LogP contribution in [-0.4, -0.2) is 30.8 Å². The molecular weight excluding hydrogens is 356 g/mol. The molecule has 1 N–H and O–H groups in total. The summed E-state index contributed by atoms with van der Waals surface area (Å²) < 4.78 is 6.47. The molecule has 1 saturated carbocycles. The van der Waals surface area contributed by atoms with Crippen LogP contribution in [0.25, 0.3) is 0 Å². The lowest BCUT2D eigenvalue weighted by Crippen LogP contribution is -2.40. The number of rotatable bonds is 2. The fourth-order valence-electron chi connectivity index (χ4n) is 3.42. The summed E-state index contributed by atoms with van der Waals surface area (Å²) in [6, 6.07) is 8.77. The molecule has 1 unspecified atom stereocenters. The number of nitrogens with one attached hydrogen (secondary N) is 1. The van der Waals surface area contributed by atoms with Crippen LogP contribution >= 0.6 is 15.9 Å². The van der Waals surface area contributed by atoms with Crippen LogP contribution in [0.2, 0.25) is 0 Å². The van der Waals surface area contributed by atoms with Crippen molar-refractivity contribution in [2.24, 2.45) is 5.41 Å². The second-order valence-electron chi connectivity index (χ2n) is 7.73. The highest BCUT2D eigenvalue weighted by Crippen LogP contribution is 2.54. The molecule has 0 radical (unpaired) electrons. The predicted molar refractivity (Wildman–Crippen MR) is 95.8 cm³/mol. The summed E-state index contributed by atoms with van der Waals surface area (Å²) in [5.41, 5.74) is 1.14. The molecule has 3 rings (SSSR count). The molecule has 1 aliphatic heterocycles. The molecule has 126 valence electrons. The van der Waals surface area contributed by atoms with Crippen LogP contribution in [0.15, 0.2) is 28.7 Å². The molecule has 0 bridgehead atoms. The maximum Gasteiger partial charge on any atom is 0.407 e. The fourth-order valence-corrected chi connectivity index (χ4v) is 3.68. The number of ether oxygens (including phenoxy) is 1. The Morgan fingerprint density at radius 2 is 1.87 bits per heavy atom. The van der Waals surface area contributed by atoms with Gasteiger partial charge in [-0.15, -0.1) is 0 Å². The van der Waals surface area contributed by atoms with Gasteiger partial charge in [-0.2, -0.15) is 0 Å². The first-order chi connectivity index (χ1) is 10.8. The van der Waals surface area contributed by atoms with Crippen molar-refractivity contribution in [3.8, 4) is 0 Å². The molecule has 5 heteroatoms. The number of carbonyl (C=O) groups is 1. The minimum Gasteiger partial charge on any atom is -0.444 e. The SMILES string of the molecule is CC(C)(C)OC(=O)NC1CC12CCN(c1ccc(Br)cc1)CC2. The third kappa shape index (κ3) is 4.00. The van der Waals surface area contributed by atoms with E-state index < -0.39 is 5.60 Å². The van der Waals surface area contributed by atoms with Crippen LogP contribution in [0.1, 0.15) is 40.0 Å². The highest BCUT2D eigenvalue weighted by Gasteiger charge is 2.56. The molecule has 1 atom stereocenters. The third-order valence-electron chi connectivity index (χ3n) is 4.83. The van der Waals surface area contributed by atoms with Gasteiger partial charge in [0.1, 0.15) is 5.60 Å². The van der Waals surface area contributed by atoms with E-state index in [9.17, 15) is 4.79 Å². The molecular formula is C18H25BrN2O2. The zero-order valence-corrected chi connectivity index (χ0v) is 15.6. The van der Waals surface area contributed by atoms with Crippen LogP contribution in [-0.2, 0) is 4.74 Å². The first kappa shape index (κ1) is 16.6. The lowest BCUT2D eigenvalue weighted by molar-refractivity contribution is 0.0514. The second-order valence-corrected chi connectivity index (χ2v) is 8.64. The van der Waals surface area contributed by atoms with Crippen molar-refractivity contribution in [3.05, 3.63) is 28.7 Å². The van der Waals surface area contributed by atoms with Crippen molar-refractivity contribution in [2.75, 3.05) is 18.0 Å². The molecule has 23 heavy (non-hydrogen) atoms. The van der Waals surface area contributed by atoms with E-state index in [0.717, 1.165) is 36.8 Å². The van der Waals surface area contributed by atoms with Gasteiger partial charge in [0.25, 0.3) is 0 Å². The highest BCUT2D eigenvalue weighted by molar-refractivity contribution is 9.10. The van der Waals surface area contributed by atoms with Crippen molar-refractivity contribution < 1.29 is 9.53 Å². The summed E-state index contributed by atoms with van der Waals surface area (Å²) in [4.78, 5) is 14.3. The number of hydrogen-bond donors (Lipinski definition) is 1. The van der Waals surface area contributed by atoms with Gasteiger partial charge in [0.2, 0.25) is 0 Å². The van der Waals surface area contributed by atoms with Gasteiger partial charge in [0, 0.05) is 29.3 Å². The average Bonchev–Trinajstić information content (AvgIpc) is 3.10. The van der Waals surface area contributed by atoms with Crippen molar-refractivity contribution in [2.45, 2.75) is 51.7 Å². The van der Waals surface area contributed by atoms with E-state index in [1.54, 1.807) is 0 Å². The largest absolute Gasteiger partial charge is 0.444 e. The van der Waals surface area contributed by atoms with Crippen LogP contribution in [0.5, 0.6) is 0 Å². The van der Waals surface area contributed by atoms with Gasteiger partial charge in [-0.3, -0.25) is 0 Å². The lowest BCUT2D eigenvalue weighted by atomic mass is 9.92. The van der Waals surface area contributed by atoms with E-state index in [-0.39, 0.29) is 12.1 Å². The number of nitrogens with zero attached hydrogens (tertiary/aromatic N) is 1. The number of benzene rings is 1. The van der Waals surface area contributed by atoms with E-state index in [1.807, 2.05) is 20.8 Å². The van der Waals surface area contributed by atoms with Crippen molar-refractivity contribution in [3.63, 3.8) is 0 Å². The predicted octanol–water partition coefficient (Wildman–Crippen LogP) is 4.33. The molecule has 1 amide bonds. The molecule has 2 fully saturated rings. The molecule has 1 aromatic carbocycles. The number of amides is 1. The Morgan fingerprint density at radius 3 is 2.43 bits per heavy atom. The van der Waals surface area contributed by atoms with Gasteiger partial charge in [-0.1, -0.05) is 15.9 Å². The Bertz CT molecular complexity index is 572. The average molecular weight is 381 g/mol. The Hall–Kier alpha value is -1.23. The summed E-state index contributed by atoms with van der Waals surface area (Å²) in [5.74, 6) is 0. The maximum atomic E-state index is 11.9. The number of piperidine rings is 1. The number of alkyl carbamates (subject to hydrolysis) is 1. The number of anilines is 1. The van der Waals surface area contributed by atoms with Crippen LogP contribution in [0, 0.1) is 5.41 Å². The fraction of sp³-hybridized carbons (Fsp3) is 0.611. The minimum absolute atomic E-state index is 0.282. The quantitative estimate of drug-likeness (QED) is 0.829. The second kappa shape index (κ2) is 6.00. The summed E-state index contributed by atoms with van der Waals surface area (Å²) >= 11 is 3.48. The maximum absolute atomic E-state index is 11.9. The van der Waals surface area contributed by atoms with E-state index in [2.05, 4.69) is 50.4 Å². The summed E-state index contributed by atoms with van der Waals surface area (Å²) in [5, 5.41) is 3.05. The molecule has 1 aliphatic carbocycles. The molecule has 4 nitrogen and oxygen atoms in total. The topological polar surface area (TPSA) is 41.6 Å². The Kier molecular flexibility index (Phi) is 4.34. The van der Waals surface area contributed by atoms with E-state index >= 15 is 0 Å². The summed E-state index contributed by atoms with van der Waals surface area (Å²) in [6.45, 7) is 7.78. The van der Waals surface area contributed by atoms with Crippen LogP contribution < -0.4 is 10.2 Å². The molecule has 0 aromatic heterocycles. The zero-order valence-electron chi connectivity index (χ0n) is 14.1. The minimum atomic E-state index is -0.433. The van der Waals surface area contributed by atoms with Crippen molar-refractivity contribution in [1.29, 1.82) is 0 Å². The Balaban J connectivity index is 1.50. The molecule has 2 aliphatic rings. The van der Waals surface area contributed by atoms with Crippen LogP contribution in [0.4, 0.5) is 10.5 Å². The summed E-state index contributed by atoms with van der Waals surface area (Å²) in [6.07, 6.45) is 3.06. The highest BCUT2D eigenvalue weighted by atomic mass is 79.9. The van der Waals surface area contributed by atoms with Gasteiger partial charge < -0.3 is 15.0 Å². The lowest BCUT2D eigenvalue weighted by Gasteiger charge is -2.34. The first-order valence-electron chi connectivity index (χ1n) is 8.28. The molecule has 1 spiro atoms. The Morgan fingerprint density at radius 1 is 1.26 bits per heavy atom.